The van der Waals surface area contributed by atoms with Crippen LogP contribution in [0.1, 0.15) is 22.6 Å². The second-order valence-corrected chi connectivity index (χ2v) is 8.72. The van der Waals surface area contributed by atoms with Crippen molar-refractivity contribution in [3.05, 3.63) is 106 Å². The number of ether oxygens (including phenoxy) is 1. The van der Waals surface area contributed by atoms with Crippen LogP contribution < -0.4 is 10.5 Å². The highest BCUT2D eigenvalue weighted by atomic mass is 35.5. The highest BCUT2D eigenvalue weighted by molar-refractivity contribution is 8.13. The molecular weight excluding hydrogens is 468 g/mol. The molecule has 0 atom stereocenters. The fraction of sp³-hybridized carbons (Fsp3) is 0.115. The first-order valence-corrected chi connectivity index (χ1v) is 11.9. The van der Waals surface area contributed by atoms with Crippen molar-refractivity contribution in [3.8, 4) is 17.2 Å². The number of aromatic nitrogens is 1. The van der Waals surface area contributed by atoms with Crippen LogP contribution in [0.15, 0.2) is 93.5 Å². The van der Waals surface area contributed by atoms with Gasteiger partial charge in [-0.3, -0.25) is 0 Å². The second kappa shape index (κ2) is 11.5. The maximum Gasteiger partial charge on any atom is 0.228 e. The molecule has 6 nitrogen and oxygen atoms in total. The fourth-order valence-electron chi connectivity index (χ4n) is 3.03. The Morgan fingerprint density at radius 1 is 1.06 bits per heavy atom. The fourth-order valence-corrected chi connectivity index (χ4v) is 3.85. The van der Waals surface area contributed by atoms with Crippen molar-refractivity contribution in [2.24, 2.45) is 15.9 Å². The predicted octanol–water partition coefficient (Wildman–Crippen LogP) is 6.46. The van der Waals surface area contributed by atoms with Crippen LogP contribution in [0.3, 0.4) is 0 Å². The minimum Gasteiger partial charge on any atom is -0.487 e. The molecule has 1 heterocycles. The molecule has 34 heavy (non-hydrogen) atoms. The molecule has 0 radical (unpaired) electrons. The molecule has 0 fully saturated rings. The van der Waals surface area contributed by atoms with E-state index in [0.717, 1.165) is 22.6 Å². The van der Waals surface area contributed by atoms with Gasteiger partial charge in [0.25, 0.3) is 0 Å². The molecule has 0 unspecified atom stereocenters. The van der Waals surface area contributed by atoms with Gasteiger partial charge in [0.2, 0.25) is 5.89 Å². The minimum absolute atomic E-state index is 0.284. The smallest absolute Gasteiger partial charge is 0.228 e. The normalized spacial score (nSPS) is 11.8. The number of hydrogen-bond acceptors (Lipinski definition) is 6. The molecule has 4 rings (SSSR count). The molecule has 8 heteroatoms. The van der Waals surface area contributed by atoms with E-state index in [9.17, 15) is 0 Å². The third-order valence-electron chi connectivity index (χ3n) is 4.85. The minimum atomic E-state index is 0.284. The Balaban J connectivity index is 1.30. The standard InChI is InChI=1S/C26H23ClN4O2S/c1-18-24(30-25(33-18)22-9-5-6-10-23(22)27)16-32-21-13-11-19(12-14-21)15-29-31-26(28)34-17-20-7-3-2-4-8-20/h2-15H,16-17H2,1H3,(H2,28,31). The molecule has 0 bridgehead atoms. The van der Waals surface area contributed by atoms with Gasteiger partial charge in [0.1, 0.15) is 23.8 Å². The van der Waals surface area contributed by atoms with Crippen LogP contribution in [0.25, 0.3) is 11.5 Å². The highest BCUT2D eigenvalue weighted by Gasteiger charge is 2.14. The number of thioether (sulfide) groups is 1. The van der Waals surface area contributed by atoms with Crippen molar-refractivity contribution < 1.29 is 9.15 Å². The van der Waals surface area contributed by atoms with E-state index >= 15 is 0 Å². The summed E-state index contributed by atoms with van der Waals surface area (Å²) >= 11 is 7.69. The van der Waals surface area contributed by atoms with Crippen LogP contribution in [0.5, 0.6) is 5.75 Å². The Bertz CT molecular complexity index is 1290. The van der Waals surface area contributed by atoms with Crippen molar-refractivity contribution in [3.63, 3.8) is 0 Å². The summed E-state index contributed by atoms with van der Waals surface area (Å²) in [5.74, 6) is 2.64. The monoisotopic (exact) mass is 490 g/mol. The number of aryl methyl sites for hydroxylation is 1. The summed E-state index contributed by atoms with van der Waals surface area (Å²) in [4.78, 5) is 4.54. The van der Waals surface area contributed by atoms with Crippen LogP contribution in [0, 0.1) is 6.92 Å². The summed E-state index contributed by atoms with van der Waals surface area (Å²) in [5, 5.41) is 9.12. The number of rotatable bonds is 8. The Hall–Kier alpha value is -3.55. The number of hydrogen-bond donors (Lipinski definition) is 1. The van der Waals surface area contributed by atoms with Gasteiger partial charge in [-0.1, -0.05) is 65.8 Å². The largest absolute Gasteiger partial charge is 0.487 e. The van der Waals surface area contributed by atoms with Crippen molar-refractivity contribution in [1.29, 1.82) is 0 Å². The van der Waals surface area contributed by atoms with E-state index in [0.29, 0.717) is 27.6 Å². The summed E-state index contributed by atoms with van der Waals surface area (Å²) in [5.41, 5.74) is 9.47. The van der Waals surface area contributed by atoms with Crippen molar-refractivity contribution >= 4 is 34.7 Å². The van der Waals surface area contributed by atoms with Crippen LogP contribution in [-0.4, -0.2) is 16.4 Å². The third-order valence-corrected chi connectivity index (χ3v) is 6.03. The number of nitrogens with two attached hydrogens (primary N) is 1. The van der Waals surface area contributed by atoms with Gasteiger partial charge in [0, 0.05) is 5.75 Å². The zero-order valence-corrected chi connectivity index (χ0v) is 20.1. The third kappa shape index (κ3) is 6.50. The van der Waals surface area contributed by atoms with E-state index < -0.39 is 0 Å². The van der Waals surface area contributed by atoms with Crippen LogP contribution in [0.2, 0.25) is 5.02 Å². The lowest BCUT2D eigenvalue weighted by atomic mass is 10.2. The van der Waals surface area contributed by atoms with Gasteiger partial charge in [-0.2, -0.15) is 5.10 Å². The van der Waals surface area contributed by atoms with E-state index in [1.807, 2.05) is 67.6 Å². The van der Waals surface area contributed by atoms with Gasteiger partial charge in [0.05, 0.1) is 16.8 Å². The maximum absolute atomic E-state index is 6.24. The molecule has 0 amide bonds. The molecule has 4 aromatic rings. The number of nitrogens with zero attached hydrogens (tertiary/aromatic N) is 3. The van der Waals surface area contributed by atoms with Crippen molar-refractivity contribution in [2.45, 2.75) is 19.3 Å². The Kier molecular flexibility index (Phi) is 8.01. The number of amidine groups is 1. The lowest BCUT2D eigenvalue weighted by molar-refractivity contribution is 0.299. The number of benzene rings is 3. The Morgan fingerprint density at radius 3 is 2.56 bits per heavy atom. The summed E-state index contributed by atoms with van der Waals surface area (Å²) in [6.45, 7) is 2.14. The summed E-state index contributed by atoms with van der Waals surface area (Å²) in [6, 6.07) is 25.0. The molecule has 0 saturated carbocycles. The van der Waals surface area contributed by atoms with Gasteiger partial charge in [-0.05, 0) is 54.4 Å². The van der Waals surface area contributed by atoms with Crippen LogP contribution in [-0.2, 0) is 12.4 Å². The molecule has 2 N–H and O–H groups in total. The van der Waals surface area contributed by atoms with Crippen molar-refractivity contribution in [1.82, 2.24) is 4.98 Å². The first kappa shape index (κ1) is 23.6. The predicted molar refractivity (Wildman–Crippen MR) is 139 cm³/mol. The zero-order chi connectivity index (χ0) is 23.8. The maximum atomic E-state index is 6.24. The van der Waals surface area contributed by atoms with Gasteiger partial charge in [0.15, 0.2) is 5.17 Å². The van der Waals surface area contributed by atoms with E-state index in [-0.39, 0.29) is 6.61 Å². The highest BCUT2D eigenvalue weighted by Crippen LogP contribution is 2.28. The van der Waals surface area contributed by atoms with Gasteiger partial charge in [-0.15, -0.1) is 5.10 Å². The molecule has 0 aliphatic heterocycles. The van der Waals surface area contributed by atoms with Crippen molar-refractivity contribution in [2.75, 3.05) is 0 Å². The van der Waals surface area contributed by atoms with Gasteiger partial charge >= 0.3 is 0 Å². The molecule has 0 aliphatic rings. The van der Waals surface area contributed by atoms with E-state index in [4.69, 9.17) is 26.5 Å². The second-order valence-electron chi connectivity index (χ2n) is 7.32. The summed E-state index contributed by atoms with van der Waals surface area (Å²) < 4.78 is 11.7. The molecular formula is C26H23ClN4O2S. The Labute approximate surface area is 207 Å². The van der Waals surface area contributed by atoms with Crippen LogP contribution in [0.4, 0.5) is 0 Å². The molecule has 1 aromatic heterocycles. The molecule has 172 valence electrons. The quantitative estimate of drug-likeness (QED) is 0.174. The lowest BCUT2D eigenvalue weighted by Gasteiger charge is -2.04. The SMILES string of the molecule is Cc1oc(-c2ccccc2Cl)nc1COc1ccc(C=NN=C(N)SCc2ccccc2)cc1. The van der Waals surface area contributed by atoms with E-state index in [1.165, 1.54) is 17.3 Å². The topological polar surface area (TPSA) is 86.0 Å². The van der Waals surface area contributed by atoms with Gasteiger partial charge in [-0.25, -0.2) is 4.98 Å². The average Bonchev–Trinajstić information content (AvgIpc) is 3.23. The number of oxazole rings is 1. The molecule has 3 aromatic carbocycles. The van der Waals surface area contributed by atoms with Crippen LogP contribution >= 0.6 is 23.4 Å². The Morgan fingerprint density at radius 2 is 1.79 bits per heavy atom. The summed E-state index contributed by atoms with van der Waals surface area (Å²) in [7, 11) is 0. The zero-order valence-electron chi connectivity index (χ0n) is 18.5. The molecule has 0 aliphatic carbocycles. The first-order valence-electron chi connectivity index (χ1n) is 10.6. The lowest BCUT2D eigenvalue weighted by Crippen LogP contribution is -2.05. The molecule has 0 spiro atoms. The van der Waals surface area contributed by atoms with Gasteiger partial charge < -0.3 is 14.9 Å². The van der Waals surface area contributed by atoms with E-state index in [1.54, 1.807) is 12.3 Å². The summed E-state index contributed by atoms with van der Waals surface area (Å²) in [6.07, 6.45) is 1.65. The van der Waals surface area contributed by atoms with E-state index in [2.05, 4.69) is 27.3 Å². The molecule has 0 saturated heterocycles. The number of halogens is 1. The average molecular weight is 491 g/mol. The first-order chi connectivity index (χ1) is 16.6.